The van der Waals surface area contributed by atoms with Gasteiger partial charge in [0.05, 0.1) is 11.9 Å². The lowest BCUT2D eigenvalue weighted by Crippen LogP contribution is -2.62. The Bertz CT molecular complexity index is 1090. The van der Waals surface area contributed by atoms with E-state index in [4.69, 9.17) is 9.90 Å². The smallest absolute Gasteiger partial charge is 0.290 e. The fraction of sp³-hybridized carbons (Fsp3) is 0.400. The van der Waals surface area contributed by atoms with Gasteiger partial charge in [-0.3, -0.25) is 9.78 Å². The third kappa shape index (κ3) is 6.05. The van der Waals surface area contributed by atoms with Crippen molar-refractivity contribution < 1.29 is 15.0 Å². The van der Waals surface area contributed by atoms with Gasteiger partial charge in [0.2, 0.25) is 5.95 Å². The van der Waals surface area contributed by atoms with E-state index in [1.807, 2.05) is 37.4 Å². The Kier molecular flexibility index (Phi) is 7.46. The molecule has 9 heteroatoms. The van der Waals surface area contributed by atoms with E-state index in [0.717, 1.165) is 24.1 Å². The maximum absolute atomic E-state index is 10.6. The molecule has 1 fully saturated rings. The molecule has 0 spiro atoms. The summed E-state index contributed by atoms with van der Waals surface area (Å²) in [6, 6.07) is 11.4. The first-order valence-electron chi connectivity index (χ1n) is 11.1. The molecule has 180 valence electrons. The lowest BCUT2D eigenvalue weighted by atomic mass is 9.79. The zero-order valence-electron chi connectivity index (χ0n) is 20.2. The van der Waals surface area contributed by atoms with Crippen molar-refractivity contribution in [2.24, 2.45) is 0 Å². The third-order valence-electron chi connectivity index (χ3n) is 5.82. The summed E-state index contributed by atoms with van der Waals surface area (Å²) in [7, 11) is 2.03. The Morgan fingerprint density at radius 3 is 2.24 bits per heavy atom. The molecule has 0 aliphatic carbocycles. The van der Waals surface area contributed by atoms with Crippen LogP contribution in [0, 0.1) is 0 Å². The molecular weight excluding hydrogens is 432 g/mol. The molecule has 0 radical (unpaired) electrons. The molecule has 0 atom stereocenters. The number of aromatic hydroxyl groups is 1. The van der Waals surface area contributed by atoms with Gasteiger partial charge in [-0.1, -0.05) is 12.1 Å². The Labute approximate surface area is 199 Å². The summed E-state index contributed by atoms with van der Waals surface area (Å²) in [5, 5.41) is 29.9. The highest BCUT2D eigenvalue weighted by molar-refractivity contribution is 5.72. The second kappa shape index (κ2) is 10.1. The SMILES string of the molecule is CN(c1ncc(-c2ccc(-c3ccccn3)cc2O)nn1)C1CC(C)(C)NC(C)(C)C1.O=CO. The van der Waals surface area contributed by atoms with Crippen molar-refractivity contribution in [3.05, 3.63) is 48.8 Å². The maximum Gasteiger partial charge on any atom is 0.290 e. The van der Waals surface area contributed by atoms with E-state index < -0.39 is 0 Å². The zero-order chi connectivity index (χ0) is 24.9. The van der Waals surface area contributed by atoms with E-state index in [-0.39, 0.29) is 23.3 Å². The number of benzene rings is 1. The van der Waals surface area contributed by atoms with Gasteiger partial charge in [0.25, 0.3) is 6.47 Å². The molecule has 1 aliphatic heterocycles. The number of nitrogens with zero attached hydrogens (tertiary/aromatic N) is 5. The predicted molar refractivity (Wildman–Crippen MR) is 132 cm³/mol. The van der Waals surface area contributed by atoms with Gasteiger partial charge in [0.1, 0.15) is 11.4 Å². The van der Waals surface area contributed by atoms with Crippen molar-refractivity contribution in [2.45, 2.75) is 57.7 Å². The normalized spacial score (nSPS) is 16.7. The number of pyridine rings is 1. The minimum absolute atomic E-state index is 0.0369. The molecular formula is C25H32N6O3. The van der Waals surface area contributed by atoms with E-state index >= 15 is 0 Å². The summed E-state index contributed by atoms with van der Waals surface area (Å²) in [5.74, 6) is 0.717. The van der Waals surface area contributed by atoms with Crippen LogP contribution >= 0.6 is 0 Å². The molecule has 2 aromatic heterocycles. The Hall–Kier alpha value is -3.59. The molecule has 3 heterocycles. The number of phenolic OH excluding ortho intramolecular Hbond substituents is 1. The van der Waals surface area contributed by atoms with E-state index in [9.17, 15) is 5.11 Å². The van der Waals surface area contributed by atoms with Crippen LogP contribution in [0.2, 0.25) is 0 Å². The molecule has 9 nitrogen and oxygen atoms in total. The number of piperidine rings is 1. The largest absolute Gasteiger partial charge is 0.507 e. The Morgan fingerprint density at radius 1 is 1.03 bits per heavy atom. The van der Waals surface area contributed by atoms with Crippen molar-refractivity contribution in [1.82, 2.24) is 25.5 Å². The lowest BCUT2D eigenvalue weighted by molar-refractivity contribution is -0.122. The number of phenols is 1. The fourth-order valence-corrected chi connectivity index (χ4v) is 4.70. The summed E-state index contributed by atoms with van der Waals surface area (Å²) in [6.07, 6.45) is 5.39. The van der Waals surface area contributed by atoms with Crippen molar-refractivity contribution in [2.75, 3.05) is 11.9 Å². The van der Waals surface area contributed by atoms with E-state index in [1.54, 1.807) is 18.5 Å². The van der Waals surface area contributed by atoms with E-state index in [1.165, 1.54) is 0 Å². The first kappa shape index (κ1) is 25.0. The summed E-state index contributed by atoms with van der Waals surface area (Å²) < 4.78 is 0. The number of carboxylic acid groups (broad SMARTS) is 1. The Morgan fingerprint density at radius 2 is 1.71 bits per heavy atom. The van der Waals surface area contributed by atoms with Crippen molar-refractivity contribution in [3.63, 3.8) is 0 Å². The maximum atomic E-state index is 10.6. The van der Waals surface area contributed by atoms with Crippen LogP contribution in [-0.4, -0.2) is 61.0 Å². The molecule has 1 aliphatic rings. The molecule has 34 heavy (non-hydrogen) atoms. The number of carbonyl (C=O) groups is 1. The van der Waals surface area contributed by atoms with Crippen LogP contribution < -0.4 is 10.2 Å². The average molecular weight is 465 g/mol. The Balaban J connectivity index is 0.00000103. The first-order chi connectivity index (χ1) is 16.0. The number of hydrogen-bond acceptors (Lipinski definition) is 8. The minimum Gasteiger partial charge on any atom is -0.507 e. The summed E-state index contributed by atoms with van der Waals surface area (Å²) in [6.45, 7) is 8.67. The number of nitrogens with one attached hydrogen (secondary N) is 1. The summed E-state index contributed by atoms with van der Waals surface area (Å²) in [4.78, 5) is 19.4. The van der Waals surface area contributed by atoms with Gasteiger partial charge in [0.15, 0.2) is 0 Å². The van der Waals surface area contributed by atoms with Crippen LogP contribution in [0.3, 0.4) is 0 Å². The fourth-order valence-electron chi connectivity index (χ4n) is 4.70. The van der Waals surface area contributed by atoms with Gasteiger partial charge >= 0.3 is 0 Å². The van der Waals surface area contributed by atoms with E-state index in [2.05, 4.69) is 58.1 Å². The van der Waals surface area contributed by atoms with E-state index in [0.29, 0.717) is 23.2 Å². The van der Waals surface area contributed by atoms with Crippen LogP contribution in [0.4, 0.5) is 5.95 Å². The monoisotopic (exact) mass is 464 g/mol. The van der Waals surface area contributed by atoms with Gasteiger partial charge in [-0.2, -0.15) is 0 Å². The zero-order valence-corrected chi connectivity index (χ0v) is 20.2. The lowest BCUT2D eigenvalue weighted by Gasteiger charge is -2.48. The van der Waals surface area contributed by atoms with Crippen LogP contribution in [-0.2, 0) is 4.79 Å². The number of anilines is 1. The average Bonchev–Trinajstić information content (AvgIpc) is 2.78. The number of aromatic nitrogens is 4. The second-order valence-corrected chi connectivity index (χ2v) is 9.76. The highest BCUT2D eigenvalue weighted by Crippen LogP contribution is 2.33. The molecule has 3 aromatic rings. The van der Waals surface area contributed by atoms with Gasteiger partial charge in [-0.05, 0) is 64.8 Å². The standard InChI is InChI=1S/C24H30N6O.CH2O2/c1-23(2)13-17(14-24(3,4)29-23)30(5)22-26-15-20(27-28-22)18-10-9-16(12-21(18)31)19-8-6-7-11-25-19;2-1-3/h6-12,15,17,29,31H,13-14H2,1-5H3;1H,(H,2,3). The summed E-state index contributed by atoms with van der Waals surface area (Å²) >= 11 is 0. The summed E-state index contributed by atoms with van der Waals surface area (Å²) in [5.41, 5.74) is 2.85. The van der Waals surface area contributed by atoms with Gasteiger partial charge in [0, 0.05) is 41.5 Å². The molecule has 3 N–H and O–H groups in total. The van der Waals surface area contributed by atoms with Crippen molar-refractivity contribution in [1.29, 1.82) is 0 Å². The molecule has 1 aromatic carbocycles. The number of hydrogen-bond donors (Lipinski definition) is 3. The highest BCUT2D eigenvalue weighted by atomic mass is 16.3. The third-order valence-corrected chi connectivity index (χ3v) is 5.82. The highest BCUT2D eigenvalue weighted by Gasteiger charge is 2.39. The molecule has 1 saturated heterocycles. The quantitative estimate of drug-likeness (QED) is 0.495. The van der Waals surface area contributed by atoms with Crippen LogP contribution in [0.1, 0.15) is 40.5 Å². The van der Waals surface area contributed by atoms with Crippen LogP contribution in [0.5, 0.6) is 5.75 Å². The van der Waals surface area contributed by atoms with Gasteiger partial charge < -0.3 is 20.4 Å². The van der Waals surface area contributed by atoms with Crippen molar-refractivity contribution >= 4 is 12.4 Å². The second-order valence-electron chi connectivity index (χ2n) is 9.76. The molecule has 0 amide bonds. The van der Waals surface area contributed by atoms with Crippen LogP contribution in [0.15, 0.2) is 48.8 Å². The minimum atomic E-state index is -0.250. The topological polar surface area (TPSA) is 124 Å². The van der Waals surface area contributed by atoms with Gasteiger partial charge in [-0.25, -0.2) is 4.98 Å². The number of rotatable bonds is 4. The molecule has 0 saturated carbocycles. The predicted octanol–water partition coefficient (Wildman–Crippen LogP) is 3.75. The van der Waals surface area contributed by atoms with Gasteiger partial charge in [-0.15, -0.1) is 10.2 Å². The molecule has 0 unspecified atom stereocenters. The first-order valence-corrected chi connectivity index (χ1v) is 11.1. The van der Waals surface area contributed by atoms with Crippen LogP contribution in [0.25, 0.3) is 22.5 Å². The van der Waals surface area contributed by atoms with Crippen molar-refractivity contribution in [3.8, 4) is 28.3 Å². The molecule has 4 rings (SSSR count). The molecule has 0 bridgehead atoms.